The summed E-state index contributed by atoms with van der Waals surface area (Å²) < 4.78 is 16.9. The molecule has 0 fully saturated rings. The lowest BCUT2D eigenvalue weighted by molar-refractivity contribution is 0.577. The normalized spacial score (nSPS) is 12.2. The van der Waals surface area contributed by atoms with Gasteiger partial charge in [-0.2, -0.15) is 4.39 Å². The van der Waals surface area contributed by atoms with Gasteiger partial charge in [0.15, 0.2) is 0 Å². The van der Waals surface area contributed by atoms with Crippen molar-refractivity contribution in [3.8, 4) is 21.7 Å². The van der Waals surface area contributed by atoms with Crippen LogP contribution in [0.3, 0.4) is 0 Å². The van der Waals surface area contributed by atoms with Crippen LogP contribution < -0.4 is 10.6 Å². The molecule has 0 amide bonds. The lowest BCUT2D eigenvalue weighted by Gasteiger charge is -2.16. The van der Waals surface area contributed by atoms with Crippen molar-refractivity contribution in [3.63, 3.8) is 0 Å². The van der Waals surface area contributed by atoms with E-state index >= 15 is 0 Å². The van der Waals surface area contributed by atoms with Gasteiger partial charge in [-0.1, -0.05) is 35.0 Å². The Morgan fingerprint density at radius 3 is 2.86 bits per heavy atom. The first-order valence-corrected chi connectivity index (χ1v) is 12.2. The minimum Gasteiger partial charge on any atom is -0.352 e. The summed E-state index contributed by atoms with van der Waals surface area (Å²) >= 11 is 8.06. The highest BCUT2D eigenvalue weighted by Gasteiger charge is 2.18. The summed E-state index contributed by atoms with van der Waals surface area (Å²) in [6.07, 6.45) is 6.62. The van der Waals surface area contributed by atoms with Crippen LogP contribution >= 0.6 is 22.9 Å². The quantitative estimate of drug-likeness (QED) is 0.278. The molecule has 178 valence electrons. The van der Waals surface area contributed by atoms with E-state index in [1.807, 2.05) is 32.2 Å². The molecule has 0 aliphatic heterocycles. The van der Waals surface area contributed by atoms with Crippen molar-refractivity contribution in [2.75, 3.05) is 18.9 Å². The van der Waals surface area contributed by atoms with Crippen molar-refractivity contribution in [2.45, 2.75) is 19.5 Å². The number of nitrogens with zero attached hydrogens (tertiary/aromatic N) is 6. The number of anilines is 1. The molecule has 1 aromatic carbocycles. The van der Waals surface area contributed by atoms with Crippen LogP contribution in [0.2, 0.25) is 5.02 Å². The Morgan fingerprint density at radius 2 is 2.06 bits per heavy atom. The zero-order valence-corrected chi connectivity index (χ0v) is 20.6. The van der Waals surface area contributed by atoms with Gasteiger partial charge in [-0.25, -0.2) is 15.0 Å². The fraction of sp³-hybridized carbons (Fsp3) is 0.208. The Bertz CT molecular complexity index is 1470. The van der Waals surface area contributed by atoms with Crippen LogP contribution in [0.5, 0.6) is 0 Å². The molecule has 0 aliphatic carbocycles. The SMILES string of the molecule is CN[C@@H](C)c1cnc(F)cc1-c1cccc2cc(-c3nc(NCCn4ccnn4)ncc3Cl)sc12. The third-order valence-electron chi connectivity index (χ3n) is 5.71. The number of rotatable bonds is 8. The zero-order chi connectivity index (χ0) is 24.4. The second kappa shape index (κ2) is 10.0. The number of hydrogen-bond donors (Lipinski definition) is 2. The fourth-order valence-electron chi connectivity index (χ4n) is 3.83. The molecule has 1 atom stereocenters. The third-order valence-corrected chi connectivity index (χ3v) is 7.18. The second-order valence-corrected chi connectivity index (χ2v) is 9.38. The maximum atomic E-state index is 14.2. The molecule has 35 heavy (non-hydrogen) atoms. The summed E-state index contributed by atoms with van der Waals surface area (Å²) in [5.74, 6) is -0.0372. The van der Waals surface area contributed by atoms with Crippen LogP contribution in [-0.4, -0.2) is 43.5 Å². The van der Waals surface area contributed by atoms with Crippen molar-refractivity contribution in [1.82, 2.24) is 35.3 Å². The largest absolute Gasteiger partial charge is 0.352 e. The van der Waals surface area contributed by atoms with Crippen molar-refractivity contribution >= 4 is 39.0 Å². The van der Waals surface area contributed by atoms with Gasteiger partial charge in [0.2, 0.25) is 11.9 Å². The molecule has 0 saturated heterocycles. The van der Waals surface area contributed by atoms with Crippen LogP contribution in [0.25, 0.3) is 31.8 Å². The molecule has 0 saturated carbocycles. The molecule has 0 aliphatic rings. The first-order chi connectivity index (χ1) is 17.0. The van der Waals surface area contributed by atoms with Crippen molar-refractivity contribution < 1.29 is 4.39 Å². The zero-order valence-electron chi connectivity index (χ0n) is 19.0. The molecule has 4 aromatic heterocycles. The number of thiophene rings is 1. The van der Waals surface area contributed by atoms with Crippen LogP contribution in [0.15, 0.2) is 55.1 Å². The molecule has 5 rings (SSSR count). The van der Waals surface area contributed by atoms with Gasteiger partial charge in [0.1, 0.15) is 5.69 Å². The molecule has 5 aromatic rings. The highest BCUT2D eigenvalue weighted by Crippen LogP contribution is 2.42. The lowest BCUT2D eigenvalue weighted by Crippen LogP contribution is -2.14. The van der Waals surface area contributed by atoms with E-state index in [4.69, 9.17) is 11.6 Å². The molecule has 0 spiro atoms. The number of nitrogens with one attached hydrogen (secondary N) is 2. The summed E-state index contributed by atoms with van der Waals surface area (Å²) in [4.78, 5) is 13.7. The van der Waals surface area contributed by atoms with E-state index in [1.54, 1.807) is 40.8 Å². The first kappa shape index (κ1) is 23.3. The average Bonchev–Trinajstić information content (AvgIpc) is 3.54. The Balaban J connectivity index is 1.51. The predicted molar refractivity (Wildman–Crippen MR) is 137 cm³/mol. The summed E-state index contributed by atoms with van der Waals surface area (Å²) in [6, 6.07) is 9.56. The number of hydrogen-bond acceptors (Lipinski definition) is 8. The van der Waals surface area contributed by atoms with Crippen LogP contribution in [0.1, 0.15) is 18.5 Å². The lowest BCUT2D eigenvalue weighted by atomic mass is 9.97. The molecular formula is C24H22ClFN8S. The number of benzene rings is 1. The average molecular weight is 509 g/mol. The second-order valence-electron chi connectivity index (χ2n) is 7.92. The molecule has 0 bridgehead atoms. The van der Waals surface area contributed by atoms with Crippen molar-refractivity contribution in [3.05, 3.63) is 71.7 Å². The monoisotopic (exact) mass is 508 g/mol. The molecule has 4 heterocycles. The maximum absolute atomic E-state index is 14.2. The molecule has 0 unspecified atom stereocenters. The molecule has 0 radical (unpaired) electrons. The molecular weight excluding hydrogens is 487 g/mol. The summed E-state index contributed by atoms with van der Waals surface area (Å²) in [5, 5.41) is 15.7. The van der Waals surface area contributed by atoms with E-state index in [1.165, 1.54) is 6.07 Å². The van der Waals surface area contributed by atoms with Gasteiger partial charge in [-0.05, 0) is 36.6 Å². The van der Waals surface area contributed by atoms with E-state index < -0.39 is 5.95 Å². The van der Waals surface area contributed by atoms with Crippen LogP contribution in [0, 0.1) is 5.95 Å². The number of pyridine rings is 1. The molecule has 2 N–H and O–H groups in total. The van der Waals surface area contributed by atoms with Crippen molar-refractivity contribution in [2.24, 2.45) is 0 Å². The Labute approximate surface area is 210 Å². The van der Waals surface area contributed by atoms with Crippen LogP contribution in [-0.2, 0) is 6.54 Å². The summed E-state index contributed by atoms with van der Waals surface area (Å²) in [7, 11) is 1.87. The van der Waals surface area contributed by atoms with Gasteiger partial charge in [0, 0.05) is 41.3 Å². The highest BCUT2D eigenvalue weighted by molar-refractivity contribution is 7.22. The minimum atomic E-state index is -0.513. The number of fused-ring (bicyclic) bond motifs is 1. The van der Waals surface area contributed by atoms with Crippen molar-refractivity contribution in [1.29, 1.82) is 0 Å². The Kier molecular flexibility index (Phi) is 6.67. The number of halogens is 2. The smallest absolute Gasteiger partial charge is 0.223 e. The number of aromatic nitrogens is 6. The van der Waals surface area contributed by atoms with Gasteiger partial charge < -0.3 is 10.6 Å². The van der Waals surface area contributed by atoms with E-state index in [-0.39, 0.29) is 6.04 Å². The van der Waals surface area contributed by atoms with Crippen LogP contribution in [0.4, 0.5) is 10.3 Å². The molecule has 8 nitrogen and oxygen atoms in total. The first-order valence-electron chi connectivity index (χ1n) is 11.0. The van der Waals surface area contributed by atoms with Gasteiger partial charge in [-0.3, -0.25) is 4.68 Å². The van der Waals surface area contributed by atoms with E-state index in [0.29, 0.717) is 29.8 Å². The van der Waals surface area contributed by atoms with Gasteiger partial charge in [0.25, 0.3) is 0 Å². The summed E-state index contributed by atoms with van der Waals surface area (Å²) in [6.45, 7) is 3.24. The van der Waals surface area contributed by atoms with E-state index in [0.717, 1.165) is 31.7 Å². The fourth-order valence-corrected chi connectivity index (χ4v) is 5.27. The Morgan fingerprint density at radius 1 is 1.17 bits per heavy atom. The van der Waals surface area contributed by atoms with Gasteiger partial charge in [0.05, 0.1) is 28.8 Å². The van der Waals surface area contributed by atoms with E-state index in [9.17, 15) is 4.39 Å². The maximum Gasteiger partial charge on any atom is 0.223 e. The highest BCUT2D eigenvalue weighted by atomic mass is 35.5. The predicted octanol–water partition coefficient (Wildman–Crippen LogP) is 5.20. The van der Waals surface area contributed by atoms with E-state index in [2.05, 4.69) is 42.0 Å². The standard InChI is InChI=1S/C24H22ClFN8S/c1-14(27-2)18-12-29-21(26)11-17(18)16-5-3-4-15-10-20(35-23(15)16)22-19(25)13-30-24(32-22)28-6-8-34-9-7-31-33-34/h3-5,7,9-14,27H,6,8H2,1-2H3,(H,28,30,32)/t14-/m0/s1. The third kappa shape index (κ3) is 4.86. The Hall–Kier alpha value is -3.47. The molecule has 11 heteroatoms. The topological polar surface area (TPSA) is 93.4 Å². The van der Waals surface area contributed by atoms with Gasteiger partial charge >= 0.3 is 0 Å². The summed E-state index contributed by atoms with van der Waals surface area (Å²) in [5.41, 5.74) is 3.31. The van der Waals surface area contributed by atoms with Gasteiger partial charge in [-0.15, -0.1) is 16.4 Å². The minimum absolute atomic E-state index is 0.00949.